The van der Waals surface area contributed by atoms with Crippen molar-refractivity contribution in [2.75, 3.05) is 6.54 Å². The van der Waals surface area contributed by atoms with Crippen LogP contribution in [0.1, 0.15) is 54.7 Å². The van der Waals surface area contributed by atoms with E-state index in [1.165, 1.54) is 6.42 Å². The first kappa shape index (κ1) is 15.0. The minimum Gasteiger partial charge on any atom is -0.336 e. The molecular formula is C19H24N2O. The quantitative estimate of drug-likeness (QED) is 0.835. The summed E-state index contributed by atoms with van der Waals surface area (Å²) in [5, 5.41) is 0.986. The lowest BCUT2D eigenvalue weighted by Crippen LogP contribution is -2.42. The van der Waals surface area contributed by atoms with Crippen molar-refractivity contribution >= 4 is 16.8 Å². The standard InChI is InChI=1S/C19H24N2O/c1-4-16-14(3)18(15-10-5-6-11-17(15)20-16)19(22)21-12-8-7-9-13(21)2/h5-6,10-11,13H,4,7-9,12H2,1-3H3. The number of pyridine rings is 1. The molecule has 1 unspecified atom stereocenters. The van der Waals surface area contributed by atoms with Crippen LogP contribution in [0, 0.1) is 6.92 Å². The van der Waals surface area contributed by atoms with E-state index in [4.69, 9.17) is 4.98 Å². The smallest absolute Gasteiger partial charge is 0.255 e. The molecule has 1 aliphatic rings. The monoisotopic (exact) mass is 296 g/mol. The molecule has 116 valence electrons. The molecule has 0 spiro atoms. The van der Waals surface area contributed by atoms with E-state index >= 15 is 0 Å². The SMILES string of the molecule is CCc1nc2ccccc2c(C(=O)N2CCCCC2C)c1C. The third-order valence-electron chi connectivity index (χ3n) is 4.85. The number of hydrogen-bond donors (Lipinski definition) is 0. The number of carbonyl (C=O) groups is 1. The number of carbonyl (C=O) groups excluding carboxylic acids is 1. The highest BCUT2D eigenvalue weighted by atomic mass is 16.2. The predicted molar refractivity (Wildman–Crippen MR) is 90.2 cm³/mol. The first-order chi connectivity index (χ1) is 10.6. The Bertz CT molecular complexity index is 708. The summed E-state index contributed by atoms with van der Waals surface area (Å²) in [4.78, 5) is 20.0. The number of aromatic nitrogens is 1. The zero-order valence-corrected chi connectivity index (χ0v) is 13.7. The molecule has 1 aromatic carbocycles. The van der Waals surface area contributed by atoms with E-state index in [1.54, 1.807) is 0 Å². The van der Waals surface area contributed by atoms with E-state index in [2.05, 4.69) is 18.7 Å². The van der Waals surface area contributed by atoms with Gasteiger partial charge in [0.25, 0.3) is 5.91 Å². The van der Waals surface area contributed by atoms with Gasteiger partial charge >= 0.3 is 0 Å². The maximum absolute atomic E-state index is 13.2. The van der Waals surface area contributed by atoms with Gasteiger partial charge in [0.2, 0.25) is 0 Å². The van der Waals surface area contributed by atoms with Gasteiger partial charge in [-0.3, -0.25) is 9.78 Å². The molecule has 1 amide bonds. The molecule has 3 rings (SSSR count). The number of para-hydroxylation sites is 1. The minimum atomic E-state index is 0.179. The molecule has 0 radical (unpaired) electrons. The van der Waals surface area contributed by atoms with Gasteiger partial charge in [0.15, 0.2) is 0 Å². The highest BCUT2D eigenvalue weighted by Gasteiger charge is 2.27. The predicted octanol–water partition coefficient (Wildman–Crippen LogP) is 4.12. The van der Waals surface area contributed by atoms with Gasteiger partial charge in [0.05, 0.1) is 11.1 Å². The molecule has 2 aromatic rings. The number of hydrogen-bond acceptors (Lipinski definition) is 2. The van der Waals surface area contributed by atoms with Gasteiger partial charge in [-0.2, -0.15) is 0 Å². The van der Waals surface area contributed by atoms with Crippen LogP contribution < -0.4 is 0 Å². The minimum absolute atomic E-state index is 0.179. The van der Waals surface area contributed by atoms with Crippen molar-refractivity contribution in [2.24, 2.45) is 0 Å². The molecule has 3 heteroatoms. The van der Waals surface area contributed by atoms with E-state index in [-0.39, 0.29) is 5.91 Å². The van der Waals surface area contributed by atoms with Crippen LogP contribution in [0.25, 0.3) is 10.9 Å². The molecule has 1 fully saturated rings. The van der Waals surface area contributed by atoms with Gasteiger partial charge in [-0.25, -0.2) is 0 Å². The highest BCUT2D eigenvalue weighted by molar-refractivity contribution is 6.07. The maximum Gasteiger partial charge on any atom is 0.255 e. The Morgan fingerprint density at radius 3 is 2.82 bits per heavy atom. The van der Waals surface area contributed by atoms with Gasteiger partial charge in [-0.05, 0) is 51.2 Å². The first-order valence-corrected chi connectivity index (χ1v) is 8.32. The molecule has 1 atom stereocenters. The molecule has 1 aliphatic heterocycles. The number of rotatable bonds is 2. The Morgan fingerprint density at radius 2 is 2.09 bits per heavy atom. The summed E-state index contributed by atoms with van der Waals surface area (Å²) >= 11 is 0. The fourth-order valence-corrected chi connectivity index (χ4v) is 3.52. The van der Waals surface area contributed by atoms with E-state index < -0.39 is 0 Å². The third kappa shape index (κ3) is 2.49. The summed E-state index contributed by atoms with van der Waals surface area (Å²) in [6, 6.07) is 8.34. The third-order valence-corrected chi connectivity index (χ3v) is 4.85. The molecule has 0 N–H and O–H groups in total. The zero-order valence-electron chi connectivity index (χ0n) is 13.7. The second-order valence-electron chi connectivity index (χ2n) is 6.27. The number of aryl methyl sites for hydroxylation is 1. The number of fused-ring (bicyclic) bond motifs is 1. The van der Waals surface area contributed by atoms with Gasteiger partial charge in [0, 0.05) is 23.7 Å². The summed E-state index contributed by atoms with van der Waals surface area (Å²) in [6.07, 6.45) is 4.29. The van der Waals surface area contributed by atoms with Crippen LogP contribution in [0.5, 0.6) is 0 Å². The van der Waals surface area contributed by atoms with E-state index in [0.29, 0.717) is 6.04 Å². The number of benzene rings is 1. The second kappa shape index (κ2) is 6.07. The van der Waals surface area contributed by atoms with E-state index in [9.17, 15) is 4.79 Å². The van der Waals surface area contributed by atoms with Crippen molar-refractivity contribution in [2.45, 2.75) is 52.5 Å². The van der Waals surface area contributed by atoms with Crippen LogP contribution in [0.15, 0.2) is 24.3 Å². The van der Waals surface area contributed by atoms with Crippen molar-refractivity contribution < 1.29 is 4.79 Å². The summed E-state index contributed by atoms with van der Waals surface area (Å²) in [5.41, 5.74) is 3.87. The summed E-state index contributed by atoms with van der Waals surface area (Å²) < 4.78 is 0. The van der Waals surface area contributed by atoms with Crippen molar-refractivity contribution in [3.63, 3.8) is 0 Å². The average molecular weight is 296 g/mol. The zero-order chi connectivity index (χ0) is 15.7. The van der Waals surface area contributed by atoms with E-state index in [1.807, 2.05) is 31.2 Å². The summed E-state index contributed by atoms with van der Waals surface area (Å²) in [6.45, 7) is 7.18. The first-order valence-electron chi connectivity index (χ1n) is 8.32. The topological polar surface area (TPSA) is 33.2 Å². The molecular weight excluding hydrogens is 272 g/mol. The molecule has 1 aromatic heterocycles. The Labute approximate surface area is 132 Å². The number of likely N-dealkylation sites (tertiary alicyclic amines) is 1. The van der Waals surface area contributed by atoms with Gasteiger partial charge < -0.3 is 4.90 Å². The van der Waals surface area contributed by atoms with Gasteiger partial charge in [-0.15, -0.1) is 0 Å². The van der Waals surface area contributed by atoms with Crippen LogP contribution in [0.2, 0.25) is 0 Å². The average Bonchev–Trinajstić information content (AvgIpc) is 2.54. The van der Waals surface area contributed by atoms with E-state index in [0.717, 1.165) is 53.5 Å². The van der Waals surface area contributed by atoms with Crippen molar-refractivity contribution in [1.82, 2.24) is 9.88 Å². The van der Waals surface area contributed by atoms with Gasteiger partial charge in [0.1, 0.15) is 0 Å². The van der Waals surface area contributed by atoms with Crippen molar-refractivity contribution in [3.8, 4) is 0 Å². The number of amides is 1. The summed E-state index contributed by atoms with van der Waals surface area (Å²) in [7, 11) is 0. The molecule has 22 heavy (non-hydrogen) atoms. The Balaban J connectivity index is 2.16. The molecule has 0 saturated carbocycles. The molecule has 1 saturated heterocycles. The number of nitrogens with zero attached hydrogens (tertiary/aromatic N) is 2. The number of piperidine rings is 1. The molecule has 3 nitrogen and oxygen atoms in total. The normalized spacial score (nSPS) is 18.7. The van der Waals surface area contributed by atoms with Crippen LogP contribution >= 0.6 is 0 Å². The maximum atomic E-state index is 13.2. The van der Waals surface area contributed by atoms with Crippen LogP contribution in [0.4, 0.5) is 0 Å². The molecule has 0 aliphatic carbocycles. The highest BCUT2D eigenvalue weighted by Crippen LogP contribution is 2.27. The Hall–Kier alpha value is -1.90. The van der Waals surface area contributed by atoms with Crippen LogP contribution in [-0.2, 0) is 6.42 Å². The lowest BCUT2D eigenvalue weighted by molar-refractivity contribution is 0.0636. The lowest BCUT2D eigenvalue weighted by Gasteiger charge is -2.34. The fraction of sp³-hybridized carbons (Fsp3) is 0.474. The largest absolute Gasteiger partial charge is 0.336 e. The lowest BCUT2D eigenvalue weighted by atomic mass is 9.96. The fourth-order valence-electron chi connectivity index (χ4n) is 3.52. The van der Waals surface area contributed by atoms with Crippen molar-refractivity contribution in [1.29, 1.82) is 0 Å². The van der Waals surface area contributed by atoms with Crippen molar-refractivity contribution in [3.05, 3.63) is 41.1 Å². The molecule has 0 bridgehead atoms. The summed E-state index contributed by atoms with van der Waals surface area (Å²) in [5.74, 6) is 0.179. The second-order valence-corrected chi connectivity index (χ2v) is 6.27. The van der Waals surface area contributed by atoms with Crippen LogP contribution in [-0.4, -0.2) is 28.4 Å². The van der Waals surface area contributed by atoms with Gasteiger partial charge in [-0.1, -0.05) is 25.1 Å². The molecule has 2 heterocycles. The van der Waals surface area contributed by atoms with Crippen LogP contribution in [0.3, 0.4) is 0 Å². The Morgan fingerprint density at radius 1 is 1.32 bits per heavy atom. The Kier molecular flexibility index (Phi) is 4.14.